The van der Waals surface area contributed by atoms with Crippen molar-refractivity contribution in [3.8, 4) is 11.5 Å². The van der Waals surface area contributed by atoms with Gasteiger partial charge in [-0.2, -0.15) is 4.98 Å². The van der Waals surface area contributed by atoms with E-state index in [2.05, 4.69) is 25.9 Å². The fourth-order valence-corrected chi connectivity index (χ4v) is 4.41. The number of carbonyl (C=O) groups excluding carboxylic acids is 1. The van der Waals surface area contributed by atoms with Crippen LogP contribution in [0.3, 0.4) is 0 Å². The van der Waals surface area contributed by atoms with E-state index in [0.29, 0.717) is 28.4 Å². The zero-order valence-electron chi connectivity index (χ0n) is 21.0. The van der Waals surface area contributed by atoms with Crippen LogP contribution in [0.15, 0.2) is 36.4 Å². The quantitative estimate of drug-likeness (QED) is 0.217. The number of aryl methyl sites for hydroxylation is 1. The minimum atomic E-state index is -0.393. The Kier molecular flexibility index (Phi) is 10.6. The average Bonchev–Trinajstić information content (AvgIpc) is 2.84. The van der Waals surface area contributed by atoms with Gasteiger partial charge in [0.25, 0.3) is 5.91 Å². The van der Waals surface area contributed by atoms with E-state index in [9.17, 15) is 4.79 Å². The molecule has 1 aromatic heterocycles. The minimum Gasteiger partial charge on any atom is -0.497 e. The first-order valence-corrected chi connectivity index (χ1v) is 11.6. The van der Waals surface area contributed by atoms with Crippen LogP contribution in [0.4, 0.5) is 11.8 Å². The highest BCUT2D eigenvalue weighted by Crippen LogP contribution is 2.29. The number of guanidine groups is 1. The summed E-state index contributed by atoms with van der Waals surface area (Å²) in [7, 11) is 3.05. The molecule has 0 bridgehead atoms. The summed E-state index contributed by atoms with van der Waals surface area (Å²) < 4.78 is 10.6. The van der Waals surface area contributed by atoms with Gasteiger partial charge in [-0.05, 0) is 44.0 Å². The highest BCUT2D eigenvalue weighted by molar-refractivity contribution is 6.06. The van der Waals surface area contributed by atoms with Crippen LogP contribution in [0.1, 0.15) is 41.6 Å². The van der Waals surface area contributed by atoms with Gasteiger partial charge in [0.15, 0.2) is 5.96 Å². The molecule has 1 saturated carbocycles. The van der Waals surface area contributed by atoms with Gasteiger partial charge < -0.3 is 25.8 Å². The molecule has 0 radical (unpaired) electrons. The van der Waals surface area contributed by atoms with Gasteiger partial charge in [0, 0.05) is 23.5 Å². The number of fused-ring (bicyclic) bond motifs is 1. The molecule has 37 heavy (non-hydrogen) atoms. The lowest BCUT2D eigenvalue weighted by molar-refractivity contribution is 0.102. The second-order valence-corrected chi connectivity index (χ2v) is 8.64. The van der Waals surface area contributed by atoms with Crippen molar-refractivity contribution >= 4 is 59.3 Å². The number of halogens is 2. The fourth-order valence-electron chi connectivity index (χ4n) is 4.41. The number of amides is 1. The van der Waals surface area contributed by atoms with Crippen molar-refractivity contribution in [3.63, 3.8) is 0 Å². The van der Waals surface area contributed by atoms with E-state index < -0.39 is 5.91 Å². The van der Waals surface area contributed by atoms with Crippen LogP contribution in [0.2, 0.25) is 0 Å². The standard InChI is InChI=1S/C25H31N7O3.2ClH/c1-14-8-11-18-17(12-14)22(28-19-6-4-5-7-20(19)29-24(26)27)31-25(30-18)32-23(33)16-10-9-15(34-2)13-21(16)35-3;;/h8-13,19-20H,4-7H2,1-3H3,(H4,26,27,29)(H2,28,30,31,32,33);2*1H/t19-,20+;;/m0../s1. The third kappa shape index (κ3) is 7.05. The third-order valence-electron chi connectivity index (χ3n) is 6.16. The van der Waals surface area contributed by atoms with Crippen LogP contribution in [-0.4, -0.2) is 48.1 Å². The zero-order chi connectivity index (χ0) is 24.9. The summed E-state index contributed by atoms with van der Waals surface area (Å²) in [6, 6.07) is 10.9. The molecular weight excluding hydrogens is 517 g/mol. The smallest absolute Gasteiger partial charge is 0.261 e. The highest BCUT2D eigenvalue weighted by Gasteiger charge is 2.26. The van der Waals surface area contributed by atoms with Gasteiger partial charge in [-0.25, -0.2) is 4.98 Å². The predicted octanol–water partition coefficient (Wildman–Crippen LogP) is 4.26. The van der Waals surface area contributed by atoms with E-state index >= 15 is 0 Å². The number of methoxy groups -OCH3 is 2. The van der Waals surface area contributed by atoms with E-state index in [1.807, 2.05) is 25.1 Å². The summed E-state index contributed by atoms with van der Waals surface area (Å²) in [5, 5.41) is 17.9. The number of hydrogen-bond donors (Lipinski definition) is 5. The number of nitrogens with two attached hydrogens (primary N) is 1. The predicted molar refractivity (Wildman–Crippen MR) is 151 cm³/mol. The molecule has 3 aromatic rings. The Hall–Kier alpha value is -3.50. The average molecular weight is 550 g/mol. The number of ether oxygens (including phenoxy) is 2. The first kappa shape index (κ1) is 29.7. The van der Waals surface area contributed by atoms with E-state index in [0.717, 1.165) is 36.6 Å². The lowest BCUT2D eigenvalue weighted by Gasteiger charge is -2.33. The van der Waals surface area contributed by atoms with E-state index in [1.54, 1.807) is 25.3 Å². The normalized spacial score (nSPS) is 16.5. The van der Waals surface area contributed by atoms with Crippen molar-refractivity contribution in [2.45, 2.75) is 44.7 Å². The molecule has 2 aromatic carbocycles. The first-order chi connectivity index (χ1) is 16.9. The molecule has 1 heterocycles. The van der Waals surface area contributed by atoms with Crippen molar-refractivity contribution in [1.29, 1.82) is 5.41 Å². The third-order valence-corrected chi connectivity index (χ3v) is 6.16. The number of rotatable bonds is 7. The molecule has 12 heteroatoms. The minimum absolute atomic E-state index is 0. The molecular formula is C25H33Cl2N7O3. The van der Waals surface area contributed by atoms with Gasteiger partial charge in [-0.15, -0.1) is 24.8 Å². The number of carbonyl (C=O) groups is 1. The topological polar surface area (TPSA) is 147 Å². The summed E-state index contributed by atoms with van der Waals surface area (Å²) in [5.74, 6) is 1.33. The van der Waals surface area contributed by atoms with E-state index in [1.165, 1.54) is 7.11 Å². The molecule has 2 atom stereocenters. The second kappa shape index (κ2) is 13.2. The number of aromatic nitrogens is 2. The number of nitrogens with zero attached hydrogens (tertiary/aromatic N) is 2. The molecule has 200 valence electrons. The number of anilines is 2. The summed E-state index contributed by atoms with van der Waals surface area (Å²) in [4.78, 5) is 22.3. The largest absolute Gasteiger partial charge is 0.497 e. The zero-order valence-corrected chi connectivity index (χ0v) is 22.6. The van der Waals surface area contributed by atoms with Gasteiger partial charge in [-0.3, -0.25) is 15.5 Å². The Balaban J connectivity index is 0.00000241. The molecule has 6 N–H and O–H groups in total. The Bertz CT molecular complexity index is 1260. The summed E-state index contributed by atoms with van der Waals surface area (Å²) in [6.45, 7) is 2.01. The van der Waals surface area contributed by atoms with Gasteiger partial charge in [0.2, 0.25) is 5.95 Å². The van der Waals surface area contributed by atoms with E-state index in [-0.39, 0.29) is 48.8 Å². The first-order valence-electron chi connectivity index (χ1n) is 11.6. The molecule has 0 spiro atoms. The molecule has 1 fully saturated rings. The van der Waals surface area contributed by atoms with Crippen molar-refractivity contribution < 1.29 is 14.3 Å². The van der Waals surface area contributed by atoms with E-state index in [4.69, 9.17) is 20.6 Å². The molecule has 0 aliphatic heterocycles. The maximum absolute atomic E-state index is 13.1. The van der Waals surface area contributed by atoms with Crippen LogP contribution in [-0.2, 0) is 0 Å². The highest BCUT2D eigenvalue weighted by atomic mass is 35.5. The lowest BCUT2D eigenvalue weighted by atomic mass is 9.90. The Morgan fingerprint density at radius 2 is 1.76 bits per heavy atom. The van der Waals surface area contributed by atoms with Crippen LogP contribution < -0.4 is 31.2 Å². The summed E-state index contributed by atoms with van der Waals surface area (Å²) in [6.07, 6.45) is 3.95. The maximum Gasteiger partial charge on any atom is 0.261 e. The van der Waals surface area contributed by atoms with Crippen LogP contribution in [0.5, 0.6) is 11.5 Å². The molecule has 1 aliphatic rings. The summed E-state index contributed by atoms with van der Waals surface area (Å²) >= 11 is 0. The number of benzene rings is 2. The summed E-state index contributed by atoms with van der Waals surface area (Å²) in [5.41, 5.74) is 7.74. The number of nitrogens with one attached hydrogen (secondary N) is 4. The molecule has 4 rings (SSSR count). The SMILES string of the molecule is COc1ccc(C(=O)Nc2nc(N[C@H]3CCCC[C@H]3NC(=N)N)c3cc(C)ccc3n2)c(OC)c1.Cl.Cl. The van der Waals surface area contributed by atoms with Crippen molar-refractivity contribution in [3.05, 3.63) is 47.5 Å². The van der Waals surface area contributed by atoms with Crippen molar-refractivity contribution in [2.24, 2.45) is 5.73 Å². The van der Waals surface area contributed by atoms with Gasteiger partial charge >= 0.3 is 0 Å². The number of hydrogen-bond acceptors (Lipinski definition) is 7. The van der Waals surface area contributed by atoms with Gasteiger partial charge in [-0.1, -0.05) is 24.5 Å². The van der Waals surface area contributed by atoms with Gasteiger partial charge in [0.05, 0.1) is 25.3 Å². The second-order valence-electron chi connectivity index (χ2n) is 8.64. The molecule has 10 nitrogen and oxygen atoms in total. The molecule has 1 aliphatic carbocycles. The fraction of sp³-hybridized carbons (Fsp3) is 0.360. The Morgan fingerprint density at radius 3 is 2.43 bits per heavy atom. The van der Waals surface area contributed by atoms with Crippen molar-refractivity contribution in [2.75, 3.05) is 24.9 Å². The van der Waals surface area contributed by atoms with Crippen LogP contribution in [0, 0.1) is 12.3 Å². The molecule has 0 unspecified atom stereocenters. The van der Waals surface area contributed by atoms with Crippen LogP contribution in [0.25, 0.3) is 10.9 Å². The lowest BCUT2D eigenvalue weighted by Crippen LogP contribution is -2.50. The van der Waals surface area contributed by atoms with Crippen LogP contribution >= 0.6 is 24.8 Å². The molecule has 1 amide bonds. The Morgan fingerprint density at radius 1 is 1.03 bits per heavy atom. The maximum atomic E-state index is 13.1. The Labute approximate surface area is 228 Å². The monoisotopic (exact) mass is 549 g/mol. The molecule has 0 saturated heterocycles. The van der Waals surface area contributed by atoms with Gasteiger partial charge in [0.1, 0.15) is 17.3 Å². The van der Waals surface area contributed by atoms with Crippen molar-refractivity contribution in [1.82, 2.24) is 15.3 Å².